The average Bonchev–Trinajstić information content (AvgIpc) is 3.04. The number of ether oxygens (including phenoxy) is 2. The molecule has 4 N–H and O–H groups in total. The fourth-order valence-electron chi connectivity index (χ4n) is 5.96. The Bertz CT molecular complexity index is 649. The second-order valence-corrected chi connectivity index (χ2v) is 13.6. The van der Waals surface area contributed by atoms with E-state index in [0.717, 1.165) is 32.3 Å². The molecule has 0 aromatic heterocycles. The van der Waals surface area contributed by atoms with Crippen LogP contribution in [-0.4, -0.2) is 56.9 Å². The third-order valence-corrected chi connectivity index (χ3v) is 8.94. The molecule has 7 heteroatoms. The van der Waals surface area contributed by atoms with Gasteiger partial charge in [-0.3, -0.25) is 9.59 Å². The number of unbranched alkanes of at least 4 members (excludes halogenated alkanes) is 23. The highest BCUT2D eigenvalue weighted by atomic mass is 16.5. The molecule has 0 aliphatic rings. The van der Waals surface area contributed by atoms with Gasteiger partial charge in [-0.05, 0) is 38.6 Å². The molecular weight excluding hydrogens is 574 g/mol. The molecule has 0 aromatic rings. The minimum absolute atomic E-state index is 0.160. The van der Waals surface area contributed by atoms with Crippen LogP contribution in [0.5, 0.6) is 0 Å². The summed E-state index contributed by atoms with van der Waals surface area (Å²) in [6.45, 7) is 8.87. The van der Waals surface area contributed by atoms with Crippen LogP contribution in [0.15, 0.2) is 0 Å². The third kappa shape index (κ3) is 32.7. The van der Waals surface area contributed by atoms with Gasteiger partial charge in [0, 0.05) is 26.7 Å². The molecule has 0 radical (unpaired) electrons. The summed E-state index contributed by atoms with van der Waals surface area (Å²) in [7, 11) is 0. The first-order chi connectivity index (χ1) is 22.5. The van der Waals surface area contributed by atoms with Crippen molar-refractivity contribution in [2.24, 2.45) is 5.73 Å². The van der Waals surface area contributed by atoms with Gasteiger partial charge in [-0.1, -0.05) is 155 Å². The van der Waals surface area contributed by atoms with Gasteiger partial charge in [0.05, 0.1) is 12.7 Å². The van der Waals surface area contributed by atoms with E-state index in [1.807, 2.05) is 0 Å². The molecule has 0 aromatic carbocycles. The second kappa shape index (κ2) is 36.7. The molecule has 0 bridgehead atoms. The molecule has 2 amide bonds. The summed E-state index contributed by atoms with van der Waals surface area (Å²) in [4.78, 5) is 24.6. The number of nitrogens with one attached hydrogen (secondary N) is 2. The molecular formula is C39H79N3O4. The lowest BCUT2D eigenvalue weighted by atomic mass is 10.1. The summed E-state index contributed by atoms with van der Waals surface area (Å²) in [5.41, 5.74) is 5.62. The van der Waals surface area contributed by atoms with E-state index in [2.05, 4.69) is 24.5 Å². The van der Waals surface area contributed by atoms with Gasteiger partial charge in [-0.15, -0.1) is 0 Å². The van der Waals surface area contributed by atoms with Gasteiger partial charge >= 0.3 is 0 Å². The molecule has 2 atom stereocenters. The molecule has 0 spiro atoms. The molecule has 46 heavy (non-hydrogen) atoms. The summed E-state index contributed by atoms with van der Waals surface area (Å²) < 4.78 is 12.2. The monoisotopic (exact) mass is 654 g/mol. The Kier molecular flexibility index (Phi) is 35.7. The fraction of sp³-hybridized carbons (Fsp3) is 0.949. The number of rotatable bonds is 37. The first kappa shape index (κ1) is 44.8. The Labute approximate surface area is 286 Å². The summed E-state index contributed by atoms with van der Waals surface area (Å²) in [5, 5.41) is 5.81. The van der Waals surface area contributed by atoms with Crippen molar-refractivity contribution >= 4 is 11.8 Å². The Morgan fingerprint density at radius 3 is 1.46 bits per heavy atom. The maximum atomic E-state index is 12.9. The minimum atomic E-state index is -0.539. The highest BCUT2D eigenvalue weighted by molar-refractivity contribution is 5.86. The molecule has 2 unspecified atom stereocenters. The molecule has 0 heterocycles. The lowest BCUT2D eigenvalue weighted by molar-refractivity contribution is -0.129. The van der Waals surface area contributed by atoms with E-state index in [-0.39, 0.29) is 17.9 Å². The number of hydrogen-bond acceptors (Lipinski definition) is 5. The van der Waals surface area contributed by atoms with Crippen molar-refractivity contribution in [2.75, 3.05) is 32.9 Å². The van der Waals surface area contributed by atoms with E-state index in [4.69, 9.17) is 15.2 Å². The number of carbonyl (C=O) groups excluding carboxylic acids is 2. The lowest BCUT2D eigenvalue weighted by Crippen LogP contribution is -2.48. The Morgan fingerprint density at radius 2 is 1.02 bits per heavy atom. The molecule has 0 aliphatic heterocycles. The van der Waals surface area contributed by atoms with Crippen LogP contribution in [0.4, 0.5) is 0 Å². The van der Waals surface area contributed by atoms with Crippen molar-refractivity contribution in [1.29, 1.82) is 0 Å². The summed E-state index contributed by atoms with van der Waals surface area (Å²) >= 11 is 0. The van der Waals surface area contributed by atoms with Crippen LogP contribution in [0.25, 0.3) is 0 Å². The smallest absolute Gasteiger partial charge is 0.242 e. The Balaban J connectivity index is 4.30. The van der Waals surface area contributed by atoms with E-state index < -0.39 is 6.04 Å². The maximum absolute atomic E-state index is 12.9. The van der Waals surface area contributed by atoms with Crippen LogP contribution in [0.1, 0.15) is 194 Å². The SMILES string of the molecule is CCCCCCCCCCCCCCOCC(CNC(=O)C(CCCCN)NC(C)=O)OCCCCCCCCCCCCCC. The summed E-state index contributed by atoms with van der Waals surface area (Å²) in [5.74, 6) is -0.356. The molecule has 0 aliphatic carbocycles. The quantitative estimate of drug-likeness (QED) is 0.0580. The zero-order valence-electron chi connectivity index (χ0n) is 31.0. The molecule has 0 saturated heterocycles. The largest absolute Gasteiger partial charge is 0.379 e. The van der Waals surface area contributed by atoms with Gasteiger partial charge < -0.3 is 25.8 Å². The van der Waals surface area contributed by atoms with E-state index in [1.54, 1.807) is 0 Å². The zero-order chi connectivity index (χ0) is 33.8. The Hall–Kier alpha value is -1.18. The van der Waals surface area contributed by atoms with Crippen molar-refractivity contribution in [2.45, 2.75) is 206 Å². The fourth-order valence-corrected chi connectivity index (χ4v) is 5.96. The molecule has 274 valence electrons. The van der Waals surface area contributed by atoms with Gasteiger partial charge in [0.1, 0.15) is 6.04 Å². The van der Waals surface area contributed by atoms with Gasteiger partial charge in [-0.2, -0.15) is 0 Å². The highest BCUT2D eigenvalue weighted by Gasteiger charge is 2.20. The van der Waals surface area contributed by atoms with Crippen LogP contribution in [-0.2, 0) is 19.1 Å². The predicted octanol–water partition coefficient (Wildman–Crippen LogP) is 9.54. The average molecular weight is 654 g/mol. The first-order valence-corrected chi connectivity index (χ1v) is 20.0. The number of nitrogens with two attached hydrogens (primary N) is 1. The third-order valence-electron chi connectivity index (χ3n) is 8.94. The van der Waals surface area contributed by atoms with Crippen LogP contribution < -0.4 is 16.4 Å². The maximum Gasteiger partial charge on any atom is 0.242 e. The van der Waals surface area contributed by atoms with Crippen molar-refractivity contribution in [1.82, 2.24) is 10.6 Å². The van der Waals surface area contributed by atoms with Gasteiger partial charge in [-0.25, -0.2) is 0 Å². The van der Waals surface area contributed by atoms with Gasteiger partial charge in [0.25, 0.3) is 0 Å². The van der Waals surface area contributed by atoms with E-state index in [1.165, 1.54) is 148 Å². The predicted molar refractivity (Wildman–Crippen MR) is 196 cm³/mol. The zero-order valence-corrected chi connectivity index (χ0v) is 31.0. The molecule has 7 nitrogen and oxygen atoms in total. The van der Waals surface area contributed by atoms with Crippen LogP contribution in [0, 0.1) is 0 Å². The second-order valence-electron chi connectivity index (χ2n) is 13.6. The minimum Gasteiger partial charge on any atom is -0.379 e. The summed E-state index contributed by atoms with van der Waals surface area (Å²) in [6, 6.07) is -0.539. The van der Waals surface area contributed by atoms with Crippen molar-refractivity contribution in [3.63, 3.8) is 0 Å². The highest BCUT2D eigenvalue weighted by Crippen LogP contribution is 2.13. The van der Waals surface area contributed by atoms with E-state index in [9.17, 15) is 9.59 Å². The summed E-state index contributed by atoms with van der Waals surface area (Å²) in [6.07, 6.45) is 33.8. The van der Waals surface area contributed by atoms with Gasteiger partial charge in [0.15, 0.2) is 0 Å². The van der Waals surface area contributed by atoms with Crippen molar-refractivity contribution in [3.05, 3.63) is 0 Å². The van der Waals surface area contributed by atoms with Crippen LogP contribution in [0.3, 0.4) is 0 Å². The molecule has 0 fully saturated rings. The number of hydrogen-bond donors (Lipinski definition) is 3. The lowest BCUT2D eigenvalue weighted by Gasteiger charge is -2.22. The van der Waals surface area contributed by atoms with Crippen LogP contribution >= 0.6 is 0 Å². The standard InChI is InChI=1S/C39H79N3O4/c1-4-6-8-10-12-14-16-18-20-22-24-28-32-45-35-37(34-41-39(44)38(42-36(3)43)30-26-27-31-40)46-33-29-25-23-21-19-17-15-13-11-9-7-5-2/h37-38H,4-35,40H2,1-3H3,(H,41,44)(H,42,43). The number of carbonyl (C=O) groups is 2. The normalized spacial score (nSPS) is 12.7. The molecule has 0 saturated carbocycles. The van der Waals surface area contributed by atoms with Gasteiger partial charge in [0.2, 0.25) is 11.8 Å². The number of amides is 2. The Morgan fingerprint density at radius 1 is 0.587 bits per heavy atom. The van der Waals surface area contributed by atoms with Crippen molar-refractivity contribution in [3.8, 4) is 0 Å². The van der Waals surface area contributed by atoms with Crippen molar-refractivity contribution < 1.29 is 19.1 Å². The van der Waals surface area contributed by atoms with Crippen LogP contribution in [0.2, 0.25) is 0 Å². The first-order valence-electron chi connectivity index (χ1n) is 20.0. The van der Waals surface area contributed by atoms with E-state index >= 15 is 0 Å². The van der Waals surface area contributed by atoms with E-state index in [0.29, 0.717) is 32.7 Å². The molecule has 0 rings (SSSR count). The topological polar surface area (TPSA) is 103 Å².